The number of hydrogen-bond acceptors (Lipinski definition) is 5. The minimum atomic E-state index is -1.08. The highest BCUT2D eigenvalue weighted by Gasteiger charge is 2.29. The Bertz CT molecular complexity index is 1550. The fourth-order valence-electron chi connectivity index (χ4n) is 4.51. The number of ether oxygens (including phenoxy) is 1. The molecular formula is C31H28Cl3NO5S. The number of aryl methyl sites for hydroxylation is 1. The van der Waals surface area contributed by atoms with Crippen LogP contribution in [-0.4, -0.2) is 42.1 Å². The van der Waals surface area contributed by atoms with Crippen molar-refractivity contribution >= 4 is 58.4 Å². The zero-order chi connectivity index (χ0) is 29.7. The summed E-state index contributed by atoms with van der Waals surface area (Å²) in [5.74, 6) is -0.283. The molecule has 6 nitrogen and oxygen atoms in total. The molecule has 41 heavy (non-hydrogen) atoms. The average molecular weight is 633 g/mol. The molecule has 0 spiro atoms. The molecule has 0 aliphatic carbocycles. The summed E-state index contributed by atoms with van der Waals surface area (Å²) in [5, 5.41) is 13.4. The number of carboxylic acids is 1. The van der Waals surface area contributed by atoms with Crippen molar-refractivity contribution in [3.8, 4) is 22.5 Å². The topological polar surface area (TPSA) is 88.8 Å². The number of furan rings is 1. The summed E-state index contributed by atoms with van der Waals surface area (Å²) in [6, 6.07) is 18.9. The van der Waals surface area contributed by atoms with Crippen molar-refractivity contribution < 1.29 is 23.8 Å². The first kappa shape index (κ1) is 31.0. The predicted molar refractivity (Wildman–Crippen MR) is 167 cm³/mol. The van der Waals surface area contributed by atoms with Gasteiger partial charge in [0.25, 0.3) is 5.91 Å². The first-order valence-corrected chi connectivity index (χ1v) is 15.2. The fraction of sp³-hybridized carbons (Fsp3) is 0.226. The summed E-state index contributed by atoms with van der Waals surface area (Å²) in [6.07, 6.45) is 1.44. The number of benzene rings is 3. The summed E-state index contributed by atoms with van der Waals surface area (Å²) in [5.41, 5.74) is 4.06. The Labute approximate surface area is 257 Å². The molecule has 0 bridgehead atoms. The maximum Gasteiger partial charge on any atom is 0.326 e. The Hall–Kier alpha value is -2.94. The molecule has 0 fully saturated rings. The van der Waals surface area contributed by atoms with Gasteiger partial charge in [-0.25, -0.2) is 4.79 Å². The molecule has 0 radical (unpaired) electrons. The van der Waals surface area contributed by atoms with Crippen LogP contribution in [0.4, 0.5) is 0 Å². The number of aliphatic carboxylic acids is 1. The van der Waals surface area contributed by atoms with Gasteiger partial charge >= 0.3 is 5.97 Å². The Kier molecular flexibility index (Phi) is 10.4. The number of carbonyl (C=O) groups is 2. The van der Waals surface area contributed by atoms with E-state index in [0.717, 1.165) is 11.1 Å². The number of rotatable bonds is 11. The third-order valence-electron chi connectivity index (χ3n) is 6.64. The molecule has 10 heteroatoms. The molecule has 0 aliphatic heterocycles. The van der Waals surface area contributed by atoms with Gasteiger partial charge in [0, 0.05) is 23.3 Å². The molecule has 4 rings (SSSR count). The smallest absolute Gasteiger partial charge is 0.326 e. The molecule has 3 aromatic carbocycles. The molecule has 4 aromatic rings. The Morgan fingerprint density at radius 3 is 2.34 bits per heavy atom. The molecule has 0 saturated carbocycles. The maximum absolute atomic E-state index is 13.5. The number of carbonyl (C=O) groups excluding carboxylic acids is 1. The van der Waals surface area contributed by atoms with Gasteiger partial charge in [0.15, 0.2) is 11.5 Å². The summed E-state index contributed by atoms with van der Waals surface area (Å²) in [4.78, 5) is 25.3. The van der Waals surface area contributed by atoms with Crippen LogP contribution in [0.5, 0.6) is 0 Å². The SMILES string of the molecule is COC(c1ccc(C(=O)NC(CCSC)C(=O)O)c(-c2ccccc2C)c1)c1oc(-c2ccc(Cl)cc2)c(Cl)c1Cl. The van der Waals surface area contributed by atoms with E-state index in [1.807, 2.05) is 43.5 Å². The van der Waals surface area contributed by atoms with Gasteiger partial charge in [0.2, 0.25) is 0 Å². The highest BCUT2D eigenvalue weighted by molar-refractivity contribution is 7.98. The largest absolute Gasteiger partial charge is 0.480 e. The van der Waals surface area contributed by atoms with E-state index < -0.39 is 24.0 Å². The third kappa shape index (κ3) is 6.93. The second-order valence-corrected chi connectivity index (χ2v) is 11.5. The lowest BCUT2D eigenvalue weighted by molar-refractivity contribution is -0.139. The van der Waals surface area contributed by atoms with E-state index in [2.05, 4.69) is 5.32 Å². The van der Waals surface area contributed by atoms with Crippen molar-refractivity contribution in [2.45, 2.75) is 25.5 Å². The molecule has 1 amide bonds. The minimum Gasteiger partial charge on any atom is -0.480 e. The standard InChI is InChI=1S/C31H28Cl3NO5S/c1-17-6-4-5-7-21(17)23-16-19(10-13-22(23)30(36)35-24(31(37)38)14-15-41-3)28(39-2)29-26(34)25(33)27(40-29)18-8-11-20(32)12-9-18/h4-13,16,24,28H,14-15H2,1-3H3,(H,35,36)(H,37,38). The van der Waals surface area contributed by atoms with Crippen LogP contribution >= 0.6 is 46.6 Å². The number of amides is 1. The molecule has 2 N–H and O–H groups in total. The number of nitrogens with one attached hydrogen (secondary N) is 1. The second-order valence-electron chi connectivity index (χ2n) is 9.31. The molecule has 1 aromatic heterocycles. The van der Waals surface area contributed by atoms with Crippen LogP contribution in [0.3, 0.4) is 0 Å². The van der Waals surface area contributed by atoms with Gasteiger partial charge in [-0.2, -0.15) is 11.8 Å². The van der Waals surface area contributed by atoms with Crippen molar-refractivity contribution in [2.75, 3.05) is 19.1 Å². The van der Waals surface area contributed by atoms with Crippen LogP contribution in [0.25, 0.3) is 22.5 Å². The van der Waals surface area contributed by atoms with Crippen molar-refractivity contribution in [1.29, 1.82) is 0 Å². The quantitative estimate of drug-likeness (QED) is 0.172. The van der Waals surface area contributed by atoms with Gasteiger partial charge in [-0.15, -0.1) is 0 Å². The molecule has 1 heterocycles. The van der Waals surface area contributed by atoms with Crippen LogP contribution < -0.4 is 5.32 Å². The molecule has 2 atom stereocenters. The maximum atomic E-state index is 13.5. The Morgan fingerprint density at radius 1 is 1.00 bits per heavy atom. The highest BCUT2D eigenvalue weighted by Crippen LogP contribution is 2.44. The molecule has 0 saturated heterocycles. The van der Waals surface area contributed by atoms with Crippen LogP contribution in [0.1, 0.15) is 39.8 Å². The molecule has 214 valence electrons. The lowest BCUT2D eigenvalue weighted by Gasteiger charge is -2.20. The van der Waals surface area contributed by atoms with E-state index in [0.29, 0.717) is 51.0 Å². The average Bonchev–Trinajstić information content (AvgIpc) is 3.25. The lowest BCUT2D eigenvalue weighted by Crippen LogP contribution is -2.41. The number of thioether (sulfide) groups is 1. The Morgan fingerprint density at radius 2 is 1.71 bits per heavy atom. The van der Waals surface area contributed by atoms with Gasteiger partial charge in [0.1, 0.15) is 22.2 Å². The summed E-state index contributed by atoms with van der Waals surface area (Å²) in [6.45, 7) is 1.94. The van der Waals surface area contributed by atoms with Crippen LogP contribution in [0, 0.1) is 6.92 Å². The number of carboxylic acid groups (broad SMARTS) is 1. The normalized spacial score (nSPS) is 12.6. The highest BCUT2D eigenvalue weighted by atomic mass is 35.5. The zero-order valence-corrected chi connectivity index (χ0v) is 25.6. The number of halogens is 3. The molecule has 2 unspecified atom stereocenters. The van der Waals surface area contributed by atoms with E-state index in [9.17, 15) is 14.7 Å². The van der Waals surface area contributed by atoms with Crippen LogP contribution in [-0.2, 0) is 9.53 Å². The first-order chi connectivity index (χ1) is 19.7. The van der Waals surface area contributed by atoms with Gasteiger partial charge in [-0.05, 0) is 84.0 Å². The lowest BCUT2D eigenvalue weighted by atomic mass is 9.92. The van der Waals surface area contributed by atoms with Crippen molar-refractivity contribution in [3.63, 3.8) is 0 Å². The minimum absolute atomic E-state index is 0.209. The summed E-state index contributed by atoms with van der Waals surface area (Å²) in [7, 11) is 1.52. The molecule has 0 aliphatic rings. The van der Waals surface area contributed by atoms with Gasteiger partial charge in [-0.3, -0.25) is 4.79 Å². The fourth-order valence-corrected chi connectivity index (χ4v) is 5.57. The van der Waals surface area contributed by atoms with E-state index >= 15 is 0 Å². The Balaban J connectivity index is 1.79. The summed E-state index contributed by atoms with van der Waals surface area (Å²) < 4.78 is 12.0. The monoisotopic (exact) mass is 631 g/mol. The number of methoxy groups -OCH3 is 1. The van der Waals surface area contributed by atoms with E-state index in [1.165, 1.54) is 18.9 Å². The van der Waals surface area contributed by atoms with Gasteiger partial charge in [-0.1, -0.05) is 65.1 Å². The van der Waals surface area contributed by atoms with E-state index in [4.69, 9.17) is 44.0 Å². The summed E-state index contributed by atoms with van der Waals surface area (Å²) >= 11 is 20.8. The van der Waals surface area contributed by atoms with Crippen molar-refractivity contribution in [3.05, 3.63) is 104 Å². The van der Waals surface area contributed by atoms with Gasteiger partial charge < -0.3 is 19.6 Å². The van der Waals surface area contributed by atoms with Crippen molar-refractivity contribution in [1.82, 2.24) is 5.32 Å². The molecular weight excluding hydrogens is 605 g/mol. The predicted octanol–water partition coefficient (Wildman–Crippen LogP) is 8.55. The van der Waals surface area contributed by atoms with Crippen molar-refractivity contribution in [2.24, 2.45) is 0 Å². The van der Waals surface area contributed by atoms with Crippen LogP contribution in [0.15, 0.2) is 71.1 Å². The zero-order valence-electron chi connectivity index (χ0n) is 22.5. The first-order valence-electron chi connectivity index (χ1n) is 12.6. The van der Waals surface area contributed by atoms with Gasteiger partial charge in [0.05, 0.1) is 0 Å². The van der Waals surface area contributed by atoms with E-state index in [1.54, 1.807) is 36.4 Å². The third-order valence-corrected chi connectivity index (χ3v) is 8.37. The van der Waals surface area contributed by atoms with E-state index in [-0.39, 0.29) is 10.0 Å². The second kappa shape index (κ2) is 13.8. The van der Waals surface area contributed by atoms with Crippen LogP contribution in [0.2, 0.25) is 15.1 Å². The number of hydrogen-bond donors (Lipinski definition) is 2.